The van der Waals surface area contributed by atoms with E-state index in [9.17, 15) is 13.9 Å². The molecule has 1 aromatic heterocycles. The Hall–Kier alpha value is -2.86. The largest absolute Gasteiger partial charge is 0.385 e. The molecule has 0 aliphatic heterocycles. The first-order chi connectivity index (χ1) is 15.8. The molecular weight excluding hydrogens is 442 g/mol. The molecule has 4 aromatic rings. The van der Waals surface area contributed by atoms with Crippen LogP contribution in [0.15, 0.2) is 72.8 Å². The second-order valence-corrected chi connectivity index (χ2v) is 8.92. The van der Waals surface area contributed by atoms with Gasteiger partial charge in [0.25, 0.3) is 0 Å². The van der Waals surface area contributed by atoms with E-state index in [0.717, 1.165) is 22.6 Å². The number of rotatable bonds is 7. The molecule has 0 fully saturated rings. The molecule has 0 aliphatic rings. The van der Waals surface area contributed by atoms with Gasteiger partial charge in [0.15, 0.2) is 0 Å². The molecule has 170 valence electrons. The molecule has 1 atom stereocenters. The minimum atomic E-state index is -1.54. The van der Waals surface area contributed by atoms with Gasteiger partial charge in [-0.25, -0.2) is 13.8 Å². The van der Waals surface area contributed by atoms with Crippen LogP contribution in [0.5, 0.6) is 0 Å². The van der Waals surface area contributed by atoms with Gasteiger partial charge in [0.05, 0.1) is 11.1 Å². The first kappa shape index (κ1) is 23.3. The zero-order chi connectivity index (χ0) is 23.6. The number of pyridine rings is 1. The summed E-state index contributed by atoms with van der Waals surface area (Å²) >= 11 is 6.67. The average Bonchev–Trinajstić information content (AvgIpc) is 2.78. The first-order valence-electron chi connectivity index (χ1n) is 10.7. The van der Waals surface area contributed by atoms with Gasteiger partial charge in [-0.05, 0) is 55.4 Å². The van der Waals surface area contributed by atoms with Crippen molar-refractivity contribution in [3.05, 3.63) is 101 Å². The van der Waals surface area contributed by atoms with Crippen LogP contribution in [-0.2, 0) is 12.0 Å². The Kier molecular flexibility index (Phi) is 6.75. The lowest BCUT2D eigenvalue weighted by atomic mass is 9.81. The highest BCUT2D eigenvalue weighted by Crippen LogP contribution is 2.40. The van der Waals surface area contributed by atoms with Gasteiger partial charge >= 0.3 is 0 Å². The summed E-state index contributed by atoms with van der Waals surface area (Å²) in [4.78, 5) is 6.50. The lowest BCUT2D eigenvalue weighted by Crippen LogP contribution is -2.33. The molecular formula is C27H25ClF2N2O. The van der Waals surface area contributed by atoms with E-state index in [1.165, 1.54) is 12.1 Å². The fraction of sp³-hybridized carbons (Fsp3) is 0.222. The number of para-hydroxylation sites is 1. The van der Waals surface area contributed by atoms with Crippen LogP contribution < -0.4 is 0 Å². The van der Waals surface area contributed by atoms with Crippen LogP contribution >= 0.6 is 11.6 Å². The van der Waals surface area contributed by atoms with Gasteiger partial charge < -0.3 is 10.0 Å². The minimum absolute atomic E-state index is 0.108. The number of hydrogen-bond donors (Lipinski definition) is 1. The highest BCUT2D eigenvalue weighted by atomic mass is 35.5. The van der Waals surface area contributed by atoms with E-state index in [2.05, 4.69) is 4.98 Å². The highest BCUT2D eigenvalue weighted by Gasteiger charge is 2.33. The van der Waals surface area contributed by atoms with E-state index in [4.69, 9.17) is 11.6 Å². The van der Waals surface area contributed by atoms with Gasteiger partial charge in [-0.15, -0.1) is 0 Å². The van der Waals surface area contributed by atoms with Crippen molar-refractivity contribution >= 4 is 22.5 Å². The van der Waals surface area contributed by atoms with E-state index in [0.29, 0.717) is 22.8 Å². The third-order valence-electron chi connectivity index (χ3n) is 5.86. The third kappa shape index (κ3) is 5.06. The molecule has 0 saturated heterocycles. The molecule has 0 spiro atoms. The predicted octanol–water partition coefficient (Wildman–Crippen LogP) is 6.22. The number of aromatic nitrogens is 1. The smallest absolute Gasteiger partial charge is 0.137 e. The third-order valence-corrected chi connectivity index (χ3v) is 6.13. The summed E-state index contributed by atoms with van der Waals surface area (Å²) in [5, 5.41) is 13.1. The maximum absolute atomic E-state index is 14.2. The van der Waals surface area contributed by atoms with E-state index in [-0.39, 0.29) is 18.4 Å². The second kappa shape index (κ2) is 9.56. The molecule has 0 radical (unpaired) electrons. The molecule has 0 amide bonds. The number of hydrogen-bond acceptors (Lipinski definition) is 3. The van der Waals surface area contributed by atoms with Crippen LogP contribution in [-0.4, -0.2) is 35.6 Å². The van der Waals surface area contributed by atoms with E-state index in [1.807, 2.05) is 73.6 Å². The van der Waals surface area contributed by atoms with Gasteiger partial charge in [0, 0.05) is 30.0 Å². The quantitative estimate of drug-likeness (QED) is 0.329. The maximum atomic E-state index is 14.2. The fourth-order valence-electron chi connectivity index (χ4n) is 4.19. The Balaban J connectivity index is 1.95. The SMILES string of the molecule is CN(C)CCC(O)(Cc1c(-c2ccccc2)c(Cl)nc2ccccc12)c1cc(F)cc(F)c1. The molecule has 6 heteroatoms. The Bertz CT molecular complexity index is 1260. The van der Waals surface area contributed by atoms with E-state index in [1.54, 1.807) is 0 Å². The van der Waals surface area contributed by atoms with Crippen LogP contribution in [0.3, 0.4) is 0 Å². The summed E-state index contributed by atoms with van der Waals surface area (Å²) < 4.78 is 28.3. The standard InChI is InChI=1S/C27H25ClF2N2O/c1-32(2)13-12-27(33,19-14-20(29)16-21(30)15-19)17-23-22-10-6-7-11-24(22)31-26(28)25(23)18-8-4-3-5-9-18/h3-11,14-16,33H,12-13,17H2,1-2H3. The number of aliphatic hydroxyl groups is 1. The van der Waals surface area contributed by atoms with Crippen LogP contribution in [0.2, 0.25) is 5.15 Å². The molecule has 1 N–H and O–H groups in total. The second-order valence-electron chi connectivity index (χ2n) is 8.56. The van der Waals surface area contributed by atoms with Crippen molar-refractivity contribution in [3.8, 4) is 11.1 Å². The van der Waals surface area contributed by atoms with Gasteiger partial charge in [-0.2, -0.15) is 0 Å². The molecule has 4 rings (SSSR count). The summed E-state index contributed by atoms with van der Waals surface area (Å²) in [6.45, 7) is 0.520. The summed E-state index contributed by atoms with van der Waals surface area (Å²) in [6.07, 6.45) is 0.377. The number of benzene rings is 3. The van der Waals surface area contributed by atoms with Crippen molar-refractivity contribution in [1.29, 1.82) is 0 Å². The average molecular weight is 467 g/mol. The van der Waals surface area contributed by atoms with Crippen molar-refractivity contribution in [2.24, 2.45) is 0 Å². The molecule has 1 heterocycles. The number of nitrogens with zero attached hydrogens (tertiary/aromatic N) is 2. The topological polar surface area (TPSA) is 36.4 Å². The number of fused-ring (bicyclic) bond motifs is 1. The van der Waals surface area contributed by atoms with Gasteiger partial charge in [0.2, 0.25) is 0 Å². The number of halogens is 3. The van der Waals surface area contributed by atoms with Gasteiger partial charge in [0.1, 0.15) is 16.8 Å². The summed E-state index contributed by atoms with van der Waals surface area (Å²) in [5.74, 6) is -1.46. The summed E-state index contributed by atoms with van der Waals surface area (Å²) in [7, 11) is 3.78. The maximum Gasteiger partial charge on any atom is 0.137 e. The zero-order valence-electron chi connectivity index (χ0n) is 18.5. The van der Waals surface area contributed by atoms with E-state index >= 15 is 0 Å². The molecule has 3 nitrogen and oxygen atoms in total. The molecule has 33 heavy (non-hydrogen) atoms. The van der Waals surface area contributed by atoms with Crippen LogP contribution in [0.1, 0.15) is 17.5 Å². The van der Waals surface area contributed by atoms with Crippen molar-refractivity contribution in [1.82, 2.24) is 9.88 Å². The normalized spacial score (nSPS) is 13.4. The monoisotopic (exact) mass is 466 g/mol. The first-order valence-corrected chi connectivity index (χ1v) is 11.1. The molecule has 3 aromatic carbocycles. The van der Waals surface area contributed by atoms with Gasteiger partial charge in [-0.3, -0.25) is 0 Å². The van der Waals surface area contributed by atoms with Crippen molar-refractivity contribution in [2.45, 2.75) is 18.4 Å². The molecule has 1 unspecified atom stereocenters. The minimum Gasteiger partial charge on any atom is -0.385 e. The lowest BCUT2D eigenvalue weighted by molar-refractivity contribution is 0.0210. The van der Waals surface area contributed by atoms with Crippen molar-refractivity contribution in [3.63, 3.8) is 0 Å². The Labute approximate surface area is 197 Å². The predicted molar refractivity (Wildman–Crippen MR) is 129 cm³/mol. The highest BCUT2D eigenvalue weighted by molar-refractivity contribution is 6.33. The molecule has 0 saturated carbocycles. The Morgan fingerprint density at radius 1 is 0.939 bits per heavy atom. The van der Waals surface area contributed by atoms with Crippen LogP contribution in [0.4, 0.5) is 8.78 Å². The summed E-state index contributed by atoms with van der Waals surface area (Å²) in [5.41, 5.74) is 1.69. The van der Waals surface area contributed by atoms with Crippen LogP contribution in [0, 0.1) is 11.6 Å². The molecule has 0 aliphatic carbocycles. The summed E-state index contributed by atoms with van der Waals surface area (Å²) in [6, 6.07) is 20.4. The zero-order valence-corrected chi connectivity index (χ0v) is 19.3. The van der Waals surface area contributed by atoms with E-state index < -0.39 is 17.2 Å². The van der Waals surface area contributed by atoms with Crippen molar-refractivity contribution < 1.29 is 13.9 Å². The molecule has 0 bridgehead atoms. The Morgan fingerprint density at radius 2 is 1.58 bits per heavy atom. The van der Waals surface area contributed by atoms with Crippen LogP contribution in [0.25, 0.3) is 22.0 Å². The van der Waals surface area contributed by atoms with Crippen molar-refractivity contribution in [2.75, 3.05) is 20.6 Å². The van der Waals surface area contributed by atoms with Gasteiger partial charge in [-0.1, -0.05) is 60.1 Å². The lowest BCUT2D eigenvalue weighted by Gasteiger charge is -2.32. The Morgan fingerprint density at radius 3 is 2.24 bits per heavy atom. The fourth-order valence-corrected chi connectivity index (χ4v) is 4.50.